The van der Waals surface area contributed by atoms with Crippen molar-refractivity contribution in [2.24, 2.45) is 11.1 Å². The first kappa shape index (κ1) is 23.9. The van der Waals surface area contributed by atoms with E-state index in [2.05, 4.69) is 20.8 Å². The molecule has 0 saturated carbocycles. The quantitative estimate of drug-likeness (QED) is 0.222. The molecule has 1 atom stereocenters. The number of hydrogen-bond donors (Lipinski definition) is 2. The smallest absolute Gasteiger partial charge is 0.115 e. The summed E-state index contributed by atoms with van der Waals surface area (Å²) in [5, 5.41) is 9.94. The summed E-state index contributed by atoms with van der Waals surface area (Å²) in [7, 11) is 0. The van der Waals surface area contributed by atoms with Crippen molar-refractivity contribution in [2.75, 3.05) is 0 Å². The zero-order valence-corrected chi connectivity index (χ0v) is 17.3. The van der Waals surface area contributed by atoms with E-state index in [0.717, 1.165) is 6.42 Å². The van der Waals surface area contributed by atoms with Crippen molar-refractivity contribution in [1.82, 2.24) is 0 Å². The summed E-state index contributed by atoms with van der Waals surface area (Å²) in [6.45, 7) is 8.14. The molecule has 0 amide bonds. The number of nitrogens with two attached hydrogens (primary N) is 1. The number of hydrogen-bond acceptors (Lipinski definition) is 2. The molecule has 0 fully saturated rings. The van der Waals surface area contributed by atoms with Crippen LogP contribution in [0.4, 0.5) is 0 Å². The summed E-state index contributed by atoms with van der Waals surface area (Å²) >= 11 is 0. The SMILES string of the molecule is CCCCCCCCCCCCCCCCCC(C)(C)C(C)(N)O. The van der Waals surface area contributed by atoms with Gasteiger partial charge in [-0.1, -0.05) is 117 Å². The minimum Gasteiger partial charge on any atom is -0.376 e. The molecule has 2 nitrogen and oxygen atoms in total. The molecule has 0 aliphatic heterocycles. The number of unbranched alkanes of at least 4 members (excludes halogenated alkanes) is 14. The van der Waals surface area contributed by atoms with Crippen LogP contribution in [0.15, 0.2) is 0 Å². The molecule has 0 rings (SSSR count). The molecule has 0 heterocycles. The minimum atomic E-state index is -1.07. The maximum atomic E-state index is 9.94. The molecule has 3 N–H and O–H groups in total. The van der Waals surface area contributed by atoms with Crippen molar-refractivity contribution >= 4 is 0 Å². The van der Waals surface area contributed by atoms with Gasteiger partial charge in [0.15, 0.2) is 0 Å². The van der Waals surface area contributed by atoms with Crippen molar-refractivity contribution in [2.45, 2.75) is 136 Å². The van der Waals surface area contributed by atoms with Gasteiger partial charge < -0.3 is 10.8 Å². The highest BCUT2D eigenvalue weighted by atomic mass is 16.3. The fraction of sp³-hybridized carbons (Fsp3) is 1.00. The third kappa shape index (κ3) is 13.2. The predicted octanol–water partition coefficient (Wildman–Crippen LogP) is 6.94. The highest BCUT2D eigenvalue weighted by Gasteiger charge is 2.34. The van der Waals surface area contributed by atoms with Crippen LogP contribution in [0, 0.1) is 5.41 Å². The molecular weight excluding hydrogens is 294 g/mol. The molecule has 0 bridgehead atoms. The van der Waals surface area contributed by atoms with E-state index in [0.29, 0.717) is 0 Å². The van der Waals surface area contributed by atoms with Gasteiger partial charge in [-0.15, -0.1) is 0 Å². The highest BCUT2D eigenvalue weighted by Crippen LogP contribution is 2.32. The molecular formula is C22H47NO. The molecule has 0 aromatic heterocycles. The maximum absolute atomic E-state index is 9.94. The van der Waals surface area contributed by atoms with Gasteiger partial charge >= 0.3 is 0 Å². The van der Waals surface area contributed by atoms with Gasteiger partial charge in [0, 0.05) is 5.41 Å². The third-order valence-corrected chi connectivity index (χ3v) is 5.78. The minimum absolute atomic E-state index is 0.191. The Morgan fingerprint density at radius 1 is 0.583 bits per heavy atom. The van der Waals surface area contributed by atoms with E-state index in [9.17, 15) is 5.11 Å². The number of aliphatic hydroxyl groups is 1. The fourth-order valence-electron chi connectivity index (χ4n) is 3.19. The van der Waals surface area contributed by atoms with Gasteiger partial charge in [0.25, 0.3) is 0 Å². The lowest BCUT2D eigenvalue weighted by atomic mass is 9.78. The first-order valence-corrected chi connectivity index (χ1v) is 10.8. The van der Waals surface area contributed by atoms with E-state index in [1.54, 1.807) is 6.92 Å². The van der Waals surface area contributed by atoms with E-state index in [1.165, 1.54) is 96.3 Å². The third-order valence-electron chi connectivity index (χ3n) is 5.78. The molecule has 0 saturated heterocycles. The second kappa shape index (κ2) is 14.1. The molecule has 0 aromatic rings. The zero-order chi connectivity index (χ0) is 18.3. The standard InChI is InChI=1S/C22H47NO/c1-5-6-7-8-9-10-11-12-13-14-15-16-17-18-19-20-21(2,3)22(4,23)24/h24H,5-20,23H2,1-4H3. The van der Waals surface area contributed by atoms with E-state index in [4.69, 9.17) is 5.73 Å². The zero-order valence-electron chi connectivity index (χ0n) is 17.3. The second-order valence-corrected chi connectivity index (χ2v) is 8.73. The molecule has 24 heavy (non-hydrogen) atoms. The van der Waals surface area contributed by atoms with Crippen LogP contribution in [0.3, 0.4) is 0 Å². The lowest BCUT2D eigenvalue weighted by Gasteiger charge is -2.37. The molecule has 0 aliphatic rings. The average molecular weight is 342 g/mol. The normalized spacial score (nSPS) is 14.8. The molecule has 0 spiro atoms. The fourth-order valence-corrected chi connectivity index (χ4v) is 3.19. The van der Waals surface area contributed by atoms with E-state index in [1.807, 2.05) is 0 Å². The van der Waals surface area contributed by atoms with Crippen LogP contribution < -0.4 is 5.73 Å². The van der Waals surface area contributed by atoms with Crippen LogP contribution in [-0.4, -0.2) is 10.8 Å². The molecule has 1 unspecified atom stereocenters. The van der Waals surface area contributed by atoms with E-state index < -0.39 is 5.72 Å². The van der Waals surface area contributed by atoms with Crippen molar-refractivity contribution in [3.05, 3.63) is 0 Å². The van der Waals surface area contributed by atoms with Crippen LogP contribution in [0.2, 0.25) is 0 Å². The predicted molar refractivity (Wildman–Crippen MR) is 108 cm³/mol. The Bertz CT molecular complexity index is 268. The molecule has 2 heteroatoms. The molecule has 0 radical (unpaired) electrons. The van der Waals surface area contributed by atoms with E-state index >= 15 is 0 Å². The average Bonchev–Trinajstić information content (AvgIpc) is 2.50. The lowest BCUT2D eigenvalue weighted by Crippen LogP contribution is -2.49. The van der Waals surface area contributed by atoms with Gasteiger partial charge in [0.05, 0.1) is 0 Å². The molecule has 146 valence electrons. The van der Waals surface area contributed by atoms with Gasteiger partial charge in [-0.3, -0.25) is 0 Å². The van der Waals surface area contributed by atoms with Gasteiger partial charge in [-0.05, 0) is 13.3 Å². The monoisotopic (exact) mass is 341 g/mol. The van der Waals surface area contributed by atoms with Crippen molar-refractivity contribution in [1.29, 1.82) is 0 Å². The molecule has 0 aromatic carbocycles. The van der Waals surface area contributed by atoms with Crippen LogP contribution in [0.1, 0.15) is 130 Å². The van der Waals surface area contributed by atoms with Crippen LogP contribution in [-0.2, 0) is 0 Å². The second-order valence-electron chi connectivity index (χ2n) is 8.73. The summed E-state index contributed by atoms with van der Waals surface area (Å²) in [5.74, 6) is 0. The Kier molecular flexibility index (Phi) is 14.1. The van der Waals surface area contributed by atoms with Crippen molar-refractivity contribution in [3.63, 3.8) is 0 Å². The van der Waals surface area contributed by atoms with Gasteiger partial charge in [-0.2, -0.15) is 0 Å². The van der Waals surface area contributed by atoms with Crippen LogP contribution in [0.5, 0.6) is 0 Å². The summed E-state index contributed by atoms with van der Waals surface area (Å²) in [4.78, 5) is 0. The first-order chi connectivity index (χ1) is 11.3. The summed E-state index contributed by atoms with van der Waals surface area (Å²) in [6.07, 6.45) is 21.9. The Labute approximate surface area is 153 Å². The summed E-state index contributed by atoms with van der Waals surface area (Å²) < 4.78 is 0. The Balaban J connectivity index is 3.24. The topological polar surface area (TPSA) is 46.2 Å². The highest BCUT2D eigenvalue weighted by molar-refractivity contribution is 4.84. The Morgan fingerprint density at radius 3 is 1.17 bits per heavy atom. The van der Waals surface area contributed by atoms with E-state index in [-0.39, 0.29) is 5.41 Å². The van der Waals surface area contributed by atoms with Crippen molar-refractivity contribution in [3.8, 4) is 0 Å². The first-order valence-electron chi connectivity index (χ1n) is 10.8. The maximum Gasteiger partial charge on any atom is 0.115 e. The van der Waals surface area contributed by atoms with Gasteiger partial charge in [0.2, 0.25) is 0 Å². The van der Waals surface area contributed by atoms with Gasteiger partial charge in [-0.25, -0.2) is 0 Å². The molecule has 0 aliphatic carbocycles. The summed E-state index contributed by atoms with van der Waals surface area (Å²) in [5.41, 5.74) is 4.57. The largest absolute Gasteiger partial charge is 0.376 e. The number of rotatable bonds is 17. The lowest BCUT2D eigenvalue weighted by molar-refractivity contribution is -0.0514. The Morgan fingerprint density at radius 2 is 0.875 bits per heavy atom. The van der Waals surface area contributed by atoms with Crippen LogP contribution >= 0.6 is 0 Å². The van der Waals surface area contributed by atoms with Gasteiger partial charge in [0.1, 0.15) is 5.72 Å². The van der Waals surface area contributed by atoms with Crippen LogP contribution in [0.25, 0.3) is 0 Å². The van der Waals surface area contributed by atoms with Crippen molar-refractivity contribution < 1.29 is 5.11 Å². The Hall–Kier alpha value is -0.0800. The summed E-state index contributed by atoms with van der Waals surface area (Å²) in [6, 6.07) is 0.